The maximum Gasteiger partial charge on any atom is 0.240 e. The quantitative estimate of drug-likeness (QED) is 0.793. The fourth-order valence-corrected chi connectivity index (χ4v) is 3.25. The molecule has 2 fully saturated rings. The monoisotopic (exact) mass is 240 g/mol. The molecule has 1 aliphatic heterocycles. The molecule has 0 aromatic rings. The van der Waals surface area contributed by atoms with Crippen LogP contribution in [0.1, 0.15) is 26.2 Å². The molecule has 17 heavy (non-hydrogen) atoms. The molecule has 0 aromatic carbocycles. The Labute approximate surface area is 104 Å². The molecule has 0 radical (unpaired) electrons. The van der Waals surface area contributed by atoms with E-state index in [9.17, 15) is 4.79 Å². The van der Waals surface area contributed by atoms with Crippen LogP contribution in [0.3, 0.4) is 0 Å². The van der Waals surface area contributed by atoms with Crippen LogP contribution in [0.4, 0.5) is 0 Å². The minimum atomic E-state index is 0.0480. The third-order valence-corrected chi connectivity index (χ3v) is 4.43. The Morgan fingerprint density at radius 2 is 2.29 bits per heavy atom. The summed E-state index contributed by atoms with van der Waals surface area (Å²) in [5.41, 5.74) is 0. The standard InChI is InChI=1S/C13H24N2O2/c1-9(8-17-3)15(2)13(16)12-11-6-4-5-10(11)7-14-12/h9-12,14H,4-8H2,1-3H3. The Balaban J connectivity index is 1.95. The van der Waals surface area contributed by atoms with Gasteiger partial charge in [-0.25, -0.2) is 0 Å². The summed E-state index contributed by atoms with van der Waals surface area (Å²) in [6.07, 6.45) is 3.79. The van der Waals surface area contributed by atoms with Gasteiger partial charge in [0.15, 0.2) is 0 Å². The highest BCUT2D eigenvalue weighted by molar-refractivity contribution is 5.82. The molecule has 2 aliphatic rings. The first-order valence-corrected chi connectivity index (χ1v) is 6.64. The number of ether oxygens (including phenoxy) is 1. The van der Waals surface area contributed by atoms with Crippen LogP contribution in [-0.2, 0) is 9.53 Å². The van der Waals surface area contributed by atoms with Crippen molar-refractivity contribution in [2.45, 2.75) is 38.3 Å². The van der Waals surface area contributed by atoms with Gasteiger partial charge < -0.3 is 15.0 Å². The molecule has 0 spiro atoms. The lowest BCUT2D eigenvalue weighted by molar-refractivity contribution is -0.135. The van der Waals surface area contributed by atoms with Crippen molar-refractivity contribution in [1.29, 1.82) is 0 Å². The van der Waals surface area contributed by atoms with Crippen LogP contribution in [0.5, 0.6) is 0 Å². The Hall–Kier alpha value is -0.610. The van der Waals surface area contributed by atoms with Gasteiger partial charge in [-0.3, -0.25) is 4.79 Å². The van der Waals surface area contributed by atoms with Gasteiger partial charge in [-0.15, -0.1) is 0 Å². The van der Waals surface area contributed by atoms with Crippen LogP contribution in [0, 0.1) is 11.8 Å². The van der Waals surface area contributed by atoms with Crippen molar-refractivity contribution in [3.8, 4) is 0 Å². The van der Waals surface area contributed by atoms with E-state index < -0.39 is 0 Å². The normalized spacial score (nSPS) is 33.5. The Bertz CT molecular complexity index is 283. The number of hydrogen-bond donors (Lipinski definition) is 1. The lowest BCUT2D eigenvalue weighted by atomic mass is 9.93. The number of carbonyl (C=O) groups excluding carboxylic acids is 1. The van der Waals surface area contributed by atoms with E-state index in [1.807, 2.05) is 18.9 Å². The van der Waals surface area contributed by atoms with Crippen molar-refractivity contribution in [3.63, 3.8) is 0 Å². The van der Waals surface area contributed by atoms with Gasteiger partial charge in [-0.2, -0.15) is 0 Å². The van der Waals surface area contributed by atoms with Crippen LogP contribution in [0.25, 0.3) is 0 Å². The topological polar surface area (TPSA) is 41.6 Å². The average molecular weight is 240 g/mol. The number of amides is 1. The third kappa shape index (κ3) is 2.47. The van der Waals surface area contributed by atoms with Gasteiger partial charge in [0.1, 0.15) is 0 Å². The van der Waals surface area contributed by atoms with E-state index in [0.29, 0.717) is 12.5 Å². The maximum atomic E-state index is 12.4. The van der Waals surface area contributed by atoms with Crippen LogP contribution in [0.15, 0.2) is 0 Å². The number of fused-ring (bicyclic) bond motifs is 1. The van der Waals surface area contributed by atoms with Crippen molar-refractivity contribution in [2.75, 3.05) is 27.3 Å². The summed E-state index contributed by atoms with van der Waals surface area (Å²) in [5.74, 6) is 1.54. The van der Waals surface area contributed by atoms with Crippen molar-refractivity contribution in [2.24, 2.45) is 11.8 Å². The summed E-state index contributed by atoms with van der Waals surface area (Å²) >= 11 is 0. The van der Waals surface area contributed by atoms with Crippen molar-refractivity contribution in [3.05, 3.63) is 0 Å². The summed E-state index contributed by atoms with van der Waals surface area (Å²) < 4.78 is 5.11. The van der Waals surface area contributed by atoms with Crippen molar-refractivity contribution < 1.29 is 9.53 Å². The van der Waals surface area contributed by atoms with E-state index in [2.05, 4.69) is 5.32 Å². The molecule has 4 atom stereocenters. The van der Waals surface area contributed by atoms with Crippen LogP contribution >= 0.6 is 0 Å². The zero-order valence-electron chi connectivity index (χ0n) is 11.1. The van der Waals surface area contributed by atoms with E-state index in [1.54, 1.807) is 7.11 Å². The van der Waals surface area contributed by atoms with Crippen LogP contribution < -0.4 is 5.32 Å². The van der Waals surface area contributed by atoms with Gasteiger partial charge in [-0.1, -0.05) is 6.42 Å². The molecule has 1 amide bonds. The highest BCUT2D eigenvalue weighted by Gasteiger charge is 2.43. The minimum absolute atomic E-state index is 0.0480. The predicted octanol–water partition coefficient (Wildman–Crippen LogP) is 0.868. The van der Waals surface area contributed by atoms with Gasteiger partial charge >= 0.3 is 0 Å². The van der Waals surface area contributed by atoms with Crippen molar-refractivity contribution >= 4 is 5.91 Å². The molecule has 2 rings (SSSR count). The van der Waals surface area contributed by atoms with E-state index >= 15 is 0 Å². The first kappa shape index (κ1) is 12.8. The average Bonchev–Trinajstić information content (AvgIpc) is 2.89. The number of carbonyl (C=O) groups is 1. The molecule has 98 valence electrons. The molecule has 1 heterocycles. The first-order valence-electron chi connectivity index (χ1n) is 6.64. The van der Waals surface area contributed by atoms with Crippen LogP contribution in [-0.4, -0.2) is 50.2 Å². The highest BCUT2D eigenvalue weighted by Crippen LogP contribution is 2.38. The Kier molecular flexibility index (Phi) is 4.05. The summed E-state index contributed by atoms with van der Waals surface area (Å²) in [6, 6.07) is 0.196. The fourth-order valence-electron chi connectivity index (χ4n) is 3.25. The summed E-state index contributed by atoms with van der Waals surface area (Å²) in [5, 5.41) is 3.40. The molecule has 0 aromatic heterocycles. The SMILES string of the molecule is COCC(C)N(C)C(=O)C1NCC2CCCC21. The Morgan fingerprint density at radius 1 is 1.53 bits per heavy atom. The van der Waals surface area contributed by atoms with E-state index in [0.717, 1.165) is 12.5 Å². The second kappa shape index (κ2) is 5.36. The fraction of sp³-hybridized carbons (Fsp3) is 0.923. The molecule has 1 N–H and O–H groups in total. The largest absolute Gasteiger partial charge is 0.383 e. The number of methoxy groups -OCH3 is 1. The van der Waals surface area contributed by atoms with Gasteiger partial charge in [0.05, 0.1) is 18.7 Å². The lowest BCUT2D eigenvalue weighted by Crippen LogP contribution is -2.48. The van der Waals surface area contributed by atoms with Gasteiger partial charge in [0.25, 0.3) is 0 Å². The molecule has 1 saturated carbocycles. The molecule has 4 nitrogen and oxygen atoms in total. The van der Waals surface area contributed by atoms with Gasteiger partial charge in [0, 0.05) is 14.2 Å². The molecular formula is C13H24N2O2. The number of rotatable bonds is 4. The van der Waals surface area contributed by atoms with E-state index in [-0.39, 0.29) is 18.0 Å². The Morgan fingerprint density at radius 3 is 3.00 bits per heavy atom. The van der Waals surface area contributed by atoms with Crippen molar-refractivity contribution in [1.82, 2.24) is 10.2 Å². The summed E-state index contributed by atoms with van der Waals surface area (Å²) in [4.78, 5) is 14.2. The lowest BCUT2D eigenvalue weighted by Gasteiger charge is -2.29. The third-order valence-electron chi connectivity index (χ3n) is 4.43. The van der Waals surface area contributed by atoms with E-state index in [1.165, 1.54) is 19.3 Å². The molecular weight excluding hydrogens is 216 g/mol. The first-order chi connectivity index (χ1) is 8.15. The second-order valence-corrected chi connectivity index (χ2v) is 5.49. The predicted molar refractivity (Wildman–Crippen MR) is 66.7 cm³/mol. The number of likely N-dealkylation sites (N-methyl/N-ethyl adjacent to an activating group) is 1. The van der Waals surface area contributed by atoms with Gasteiger partial charge in [-0.05, 0) is 38.1 Å². The minimum Gasteiger partial charge on any atom is -0.383 e. The van der Waals surface area contributed by atoms with Gasteiger partial charge in [0.2, 0.25) is 5.91 Å². The molecule has 4 unspecified atom stereocenters. The highest BCUT2D eigenvalue weighted by atomic mass is 16.5. The second-order valence-electron chi connectivity index (χ2n) is 5.49. The maximum absolute atomic E-state index is 12.4. The number of hydrogen-bond acceptors (Lipinski definition) is 3. The zero-order valence-corrected chi connectivity index (χ0v) is 11.1. The zero-order chi connectivity index (χ0) is 12.4. The molecule has 1 saturated heterocycles. The van der Waals surface area contributed by atoms with E-state index in [4.69, 9.17) is 4.74 Å². The molecule has 4 heteroatoms. The van der Waals surface area contributed by atoms with Crippen LogP contribution in [0.2, 0.25) is 0 Å². The summed E-state index contributed by atoms with van der Waals surface area (Å²) in [6.45, 7) is 3.65. The number of nitrogens with zero attached hydrogens (tertiary/aromatic N) is 1. The number of nitrogens with one attached hydrogen (secondary N) is 1. The molecule has 1 aliphatic carbocycles. The molecule has 0 bridgehead atoms. The smallest absolute Gasteiger partial charge is 0.240 e. The summed E-state index contributed by atoms with van der Waals surface area (Å²) in [7, 11) is 3.56.